The summed E-state index contributed by atoms with van der Waals surface area (Å²) >= 11 is 5.87. The van der Waals surface area contributed by atoms with Gasteiger partial charge in [-0.1, -0.05) is 11.6 Å². The van der Waals surface area contributed by atoms with Crippen LogP contribution in [0.25, 0.3) is 0 Å². The lowest BCUT2D eigenvalue weighted by atomic mass is 10.1. The maximum absolute atomic E-state index is 12.5. The van der Waals surface area contributed by atoms with Gasteiger partial charge in [-0.05, 0) is 44.5 Å². The standard InChI is InChI=1S/C19H28ClN3O3/c1-3-26-14-4-9-21-18(24)15(2)22-10-12-23(13-11-22)19(25)16-5-7-17(20)8-6-16/h5-8,15H,3-4,9-14H2,1-2H3,(H,21,24). The quantitative estimate of drug-likeness (QED) is 0.700. The van der Waals surface area contributed by atoms with Crippen LogP contribution in [0.2, 0.25) is 5.02 Å². The van der Waals surface area contributed by atoms with Gasteiger partial charge in [0.2, 0.25) is 5.91 Å². The first-order chi connectivity index (χ1) is 12.5. The molecular formula is C19H28ClN3O3. The molecule has 1 N–H and O–H groups in total. The summed E-state index contributed by atoms with van der Waals surface area (Å²) in [7, 11) is 0. The molecule has 1 atom stereocenters. The average molecular weight is 382 g/mol. The van der Waals surface area contributed by atoms with Gasteiger partial charge in [-0.25, -0.2) is 0 Å². The number of amides is 2. The average Bonchev–Trinajstić information content (AvgIpc) is 2.67. The number of ether oxygens (including phenoxy) is 1. The fourth-order valence-corrected chi connectivity index (χ4v) is 3.06. The van der Waals surface area contributed by atoms with Crippen molar-refractivity contribution in [1.29, 1.82) is 0 Å². The number of benzene rings is 1. The molecule has 2 amide bonds. The van der Waals surface area contributed by atoms with Crippen molar-refractivity contribution in [2.75, 3.05) is 45.9 Å². The van der Waals surface area contributed by atoms with Gasteiger partial charge in [0.15, 0.2) is 0 Å². The molecule has 1 aliphatic rings. The summed E-state index contributed by atoms with van der Waals surface area (Å²) in [6.45, 7) is 8.46. The Balaban J connectivity index is 1.75. The molecule has 144 valence electrons. The maximum Gasteiger partial charge on any atom is 0.253 e. The van der Waals surface area contributed by atoms with Gasteiger partial charge in [0.05, 0.1) is 6.04 Å². The first-order valence-electron chi connectivity index (χ1n) is 9.17. The van der Waals surface area contributed by atoms with Crippen molar-refractivity contribution >= 4 is 23.4 Å². The highest BCUT2D eigenvalue weighted by molar-refractivity contribution is 6.30. The highest BCUT2D eigenvalue weighted by Crippen LogP contribution is 2.14. The second-order valence-corrected chi connectivity index (χ2v) is 6.79. The van der Waals surface area contributed by atoms with E-state index in [1.165, 1.54) is 0 Å². The first kappa shape index (κ1) is 20.7. The number of hydrogen-bond donors (Lipinski definition) is 1. The molecule has 1 aromatic rings. The van der Waals surface area contributed by atoms with Crippen molar-refractivity contribution < 1.29 is 14.3 Å². The molecule has 0 aliphatic carbocycles. The van der Waals surface area contributed by atoms with Crippen LogP contribution in [-0.4, -0.2) is 73.6 Å². The van der Waals surface area contributed by atoms with Crippen LogP contribution in [0.5, 0.6) is 0 Å². The van der Waals surface area contributed by atoms with Gasteiger partial charge in [0.25, 0.3) is 5.91 Å². The van der Waals surface area contributed by atoms with Crippen LogP contribution in [0.1, 0.15) is 30.6 Å². The minimum atomic E-state index is -0.199. The SMILES string of the molecule is CCOCCCNC(=O)C(C)N1CCN(C(=O)c2ccc(Cl)cc2)CC1. The second-order valence-electron chi connectivity index (χ2n) is 6.35. The number of nitrogens with one attached hydrogen (secondary N) is 1. The van der Waals surface area contributed by atoms with E-state index in [4.69, 9.17) is 16.3 Å². The molecule has 1 fully saturated rings. The molecule has 1 aromatic carbocycles. The van der Waals surface area contributed by atoms with E-state index in [1.54, 1.807) is 24.3 Å². The molecule has 0 radical (unpaired) electrons. The third kappa shape index (κ3) is 5.97. The molecule has 0 aromatic heterocycles. The molecule has 1 aliphatic heterocycles. The Bertz CT molecular complexity index is 586. The van der Waals surface area contributed by atoms with Gasteiger partial charge in [-0.2, -0.15) is 0 Å². The molecule has 1 heterocycles. The highest BCUT2D eigenvalue weighted by atomic mass is 35.5. The Morgan fingerprint density at radius 2 is 1.85 bits per heavy atom. The van der Waals surface area contributed by atoms with Crippen LogP contribution < -0.4 is 5.32 Å². The Labute approximate surface area is 160 Å². The summed E-state index contributed by atoms with van der Waals surface area (Å²) < 4.78 is 5.26. The maximum atomic E-state index is 12.5. The van der Waals surface area contributed by atoms with Gasteiger partial charge in [-0.15, -0.1) is 0 Å². The van der Waals surface area contributed by atoms with E-state index in [9.17, 15) is 9.59 Å². The summed E-state index contributed by atoms with van der Waals surface area (Å²) in [5.41, 5.74) is 0.642. The normalized spacial score (nSPS) is 16.3. The molecule has 7 heteroatoms. The van der Waals surface area contributed by atoms with Crippen molar-refractivity contribution in [1.82, 2.24) is 15.1 Å². The predicted octanol–water partition coefficient (Wildman–Crippen LogP) is 2.03. The molecule has 1 saturated heterocycles. The van der Waals surface area contributed by atoms with Gasteiger partial charge < -0.3 is 15.0 Å². The molecular weight excluding hydrogens is 354 g/mol. The van der Waals surface area contributed by atoms with Gasteiger partial charge >= 0.3 is 0 Å². The van der Waals surface area contributed by atoms with Crippen LogP contribution in [-0.2, 0) is 9.53 Å². The lowest BCUT2D eigenvalue weighted by molar-refractivity contribution is -0.126. The summed E-state index contributed by atoms with van der Waals surface area (Å²) in [5.74, 6) is 0.0355. The highest BCUT2D eigenvalue weighted by Gasteiger charge is 2.27. The Hall–Kier alpha value is -1.63. The topological polar surface area (TPSA) is 61.9 Å². The Kier molecular flexibility index (Phi) is 8.35. The van der Waals surface area contributed by atoms with Crippen LogP contribution in [0.15, 0.2) is 24.3 Å². The lowest BCUT2D eigenvalue weighted by Gasteiger charge is -2.37. The summed E-state index contributed by atoms with van der Waals surface area (Å²) in [5, 5.41) is 3.57. The molecule has 6 nitrogen and oxygen atoms in total. The van der Waals surface area contributed by atoms with E-state index in [0.717, 1.165) is 6.42 Å². The van der Waals surface area contributed by atoms with Gasteiger partial charge in [-0.3, -0.25) is 14.5 Å². The fraction of sp³-hybridized carbons (Fsp3) is 0.579. The third-order valence-electron chi connectivity index (χ3n) is 4.59. The number of hydrogen-bond acceptors (Lipinski definition) is 4. The molecule has 0 spiro atoms. The molecule has 0 bridgehead atoms. The van der Waals surface area contributed by atoms with Gasteiger partial charge in [0, 0.05) is 56.5 Å². The van der Waals surface area contributed by atoms with Crippen molar-refractivity contribution in [3.8, 4) is 0 Å². The second kappa shape index (κ2) is 10.5. The summed E-state index contributed by atoms with van der Waals surface area (Å²) in [6, 6.07) is 6.74. The molecule has 26 heavy (non-hydrogen) atoms. The van der Waals surface area contributed by atoms with Crippen LogP contribution >= 0.6 is 11.6 Å². The van der Waals surface area contributed by atoms with E-state index in [-0.39, 0.29) is 17.9 Å². The smallest absolute Gasteiger partial charge is 0.253 e. The monoisotopic (exact) mass is 381 g/mol. The van der Waals surface area contributed by atoms with E-state index in [1.807, 2.05) is 18.7 Å². The zero-order valence-corrected chi connectivity index (χ0v) is 16.3. The van der Waals surface area contributed by atoms with Crippen LogP contribution in [0.4, 0.5) is 0 Å². The third-order valence-corrected chi connectivity index (χ3v) is 4.84. The number of rotatable bonds is 8. The first-order valence-corrected chi connectivity index (χ1v) is 9.55. The van der Waals surface area contributed by atoms with Crippen LogP contribution in [0.3, 0.4) is 0 Å². The zero-order chi connectivity index (χ0) is 18.9. The van der Waals surface area contributed by atoms with E-state index in [0.29, 0.717) is 56.5 Å². The fourth-order valence-electron chi connectivity index (χ4n) is 2.93. The molecule has 1 unspecified atom stereocenters. The minimum absolute atomic E-state index is 0.00865. The Morgan fingerprint density at radius 3 is 2.46 bits per heavy atom. The van der Waals surface area contributed by atoms with E-state index in [2.05, 4.69) is 10.2 Å². The van der Waals surface area contributed by atoms with Crippen molar-refractivity contribution in [2.45, 2.75) is 26.3 Å². The van der Waals surface area contributed by atoms with Crippen molar-refractivity contribution in [3.05, 3.63) is 34.9 Å². The minimum Gasteiger partial charge on any atom is -0.382 e. The number of piperazine rings is 1. The predicted molar refractivity (Wildman–Crippen MR) is 103 cm³/mol. The van der Waals surface area contributed by atoms with E-state index >= 15 is 0 Å². The van der Waals surface area contributed by atoms with E-state index < -0.39 is 0 Å². The largest absolute Gasteiger partial charge is 0.382 e. The van der Waals surface area contributed by atoms with Crippen molar-refractivity contribution in [2.24, 2.45) is 0 Å². The Morgan fingerprint density at radius 1 is 1.19 bits per heavy atom. The number of carbonyl (C=O) groups excluding carboxylic acids is 2. The lowest BCUT2D eigenvalue weighted by Crippen LogP contribution is -2.55. The van der Waals surface area contributed by atoms with Gasteiger partial charge in [0.1, 0.15) is 0 Å². The summed E-state index contributed by atoms with van der Waals surface area (Å²) in [6.07, 6.45) is 0.815. The number of halogens is 1. The number of carbonyl (C=O) groups is 2. The zero-order valence-electron chi connectivity index (χ0n) is 15.5. The summed E-state index contributed by atoms with van der Waals surface area (Å²) in [4.78, 5) is 28.7. The van der Waals surface area contributed by atoms with Crippen LogP contribution in [0, 0.1) is 0 Å². The molecule has 0 saturated carbocycles. The number of nitrogens with zero attached hydrogens (tertiary/aromatic N) is 2. The molecule has 2 rings (SSSR count). The van der Waals surface area contributed by atoms with Crippen molar-refractivity contribution in [3.63, 3.8) is 0 Å².